The van der Waals surface area contributed by atoms with Gasteiger partial charge in [-0.05, 0) is 24.3 Å². The van der Waals surface area contributed by atoms with Crippen LogP contribution in [0.3, 0.4) is 0 Å². The van der Waals surface area contributed by atoms with Crippen molar-refractivity contribution in [1.29, 1.82) is 0 Å². The number of anilines is 2. The van der Waals surface area contributed by atoms with Gasteiger partial charge in [0.15, 0.2) is 0 Å². The molecule has 2 N–H and O–H groups in total. The van der Waals surface area contributed by atoms with Crippen LogP contribution in [0.2, 0.25) is 0 Å². The summed E-state index contributed by atoms with van der Waals surface area (Å²) in [6, 6.07) is 6.83. The van der Waals surface area contributed by atoms with Gasteiger partial charge in [-0.2, -0.15) is 5.01 Å². The van der Waals surface area contributed by atoms with E-state index < -0.39 is 32.9 Å². The molecule has 2 aromatic carbocycles. The van der Waals surface area contributed by atoms with E-state index in [9.17, 15) is 30.2 Å². The summed E-state index contributed by atoms with van der Waals surface area (Å²) in [5.74, 6) is -1.67. The molecule has 0 heterocycles. The van der Waals surface area contributed by atoms with Crippen molar-refractivity contribution >= 4 is 28.7 Å². The number of aromatic carboxylic acids is 1. The third-order valence-electron chi connectivity index (χ3n) is 3.43. The van der Waals surface area contributed by atoms with Crippen LogP contribution in [0.5, 0.6) is 5.75 Å². The fourth-order valence-corrected chi connectivity index (χ4v) is 2.03. The van der Waals surface area contributed by atoms with Crippen LogP contribution >= 0.6 is 0 Å². The van der Waals surface area contributed by atoms with Crippen LogP contribution in [-0.2, 0) is 0 Å². The number of carboxylic acid groups (broad SMARTS) is 1. The summed E-state index contributed by atoms with van der Waals surface area (Å²) < 4.78 is 0. The van der Waals surface area contributed by atoms with Crippen molar-refractivity contribution in [3.05, 3.63) is 67.4 Å². The highest BCUT2D eigenvalue weighted by atomic mass is 16.7. The number of hydrogen-bond acceptors (Lipinski definition) is 9. The molecular formula is C15H14N6O8. The molecule has 0 atom stereocenters. The van der Waals surface area contributed by atoms with Gasteiger partial charge in [0.1, 0.15) is 11.8 Å². The lowest BCUT2D eigenvalue weighted by molar-refractivity contribution is -0.695. The number of hydrogen-bond donors (Lipinski definition) is 2. The van der Waals surface area contributed by atoms with Crippen LogP contribution in [0, 0.1) is 25.4 Å². The van der Waals surface area contributed by atoms with Crippen LogP contribution in [0.25, 0.3) is 0 Å². The van der Waals surface area contributed by atoms with E-state index >= 15 is 0 Å². The maximum atomic E-state index is 11.4. The topological polar surface area (TPSA) is 187 Å². The Morgan fingerprint density at radius 3 is 2.14 bits per heavy atom. The van der Waals surface area contributed by atoms with Crippen molar-refractivity contribution in [2.45, 2.75) is 0 Å². The molecule has 0 aliphatic rings. The van der Waals surface area contributed by atoms with Gasteiger partial charge in [-0.15, -0.1) is 0 Å². The lowest BCUT2D eigenvalue weighted by Gasteiger charge is -2.09. The average molecular weight is 406 g/mol. The number of hydrazine groups is 1. The Hall–Kier alpha value is -4.49. The molecule has 0 aromatic heterocycles. The highest BCUT2D eigenvalue weighted by molar-refractivity contribution is 5.88. The molecule has 2 aromatic rings. The number of nitro benzene ring substituents is 2. The van der Waals surface area contributed by atoms with Crippen molar-refractivity contribution in [3.63, 3.8) is 0 Å². The molecule has 0 fully saturated rings. The second-order valence-electron chi connectivity index (χ2n) is 5.63. The molecule has 0 unspecified atom stereocenters. The summed E-state index contributed by atoms with van der Waals surface area (Å²) in [6.07, 6.45) is 0. The molecule has 0 bridgehead atoms. The minimum absolute atomic E-state index is 0.00284. The van der Waals surface area contributed by atoms with E-state index in [-0.39, 0.29) is 21.9 Å². The maximum absolute atomic E-state index is 11.4. The Morgan fingerprint density at radius 1 is 1.07 bits per heavy atom. The third kappa shape index (κ3) is 5.03. The van der Waals surface area contributed by atoms with E-state index in [2.05, 4.69) is 10.6 Å². The number of carbonyl (C=O) groups is 1. The summed E-state index contributed by atoms with van der Waals surface area (Å²) in [7, 11) is 2.69. The standard InChI is InChI=1S/C15H14N6O8/c1-18(2)21(28)17-29-14-7-11(12(19(24)25)8-13(14)20(26)27)16-10-5-3-9(4-6-10)15(22)23/h3-8,16H,1-2H3,(H,22,23)/b21-17-. The Kier molecular flexibility index (Phi) is 6.08. The molecule has 152 valence electrons. The Labute approximate surface area is 162 Å². The fourth-order valence-electron chi connectivity index (χ4n) is 2.03. The molecule has 0 aliphatic carbocycles. The van der Waals surface area contributed by atoms with Gasteiger partial charge in [0.05, 0.1) is 34.5 Å². The Bertz CT molecular complexity index is 989. The number of carboxylic acids is 1. The maximum Gasteiger partial charge on any atom is 0.335 e. The first-order valence-electron chi connectivity index (χ1n) is 7.70. The number of nitrogens with one attached hydrogen (secondary N) is 1. The minimum atomic E-state index is -1.15. The number of nitro groups is 2. The SMILES string of the molecule is CN(C)/[N+]([O-])=N/Oc1cc(Nc2ccc(C(=O)O)cc2)c([N+](=O)[O-])cc1[N+](=O)[O-]. The average Bonchev–Trinajstić information content (AvgIpc) is 2.65. The normalized spacial score (nSPS) is 10.9. The molecular weight excluding hydrogens is 392 g/mol. The molecule has 0 radical (unpaired) electrons. The van der Waals surface area contributed by atoms with Crippen LogP contribution in [0.4, 0.5) is 22.7 Å². The van der Waals surface area contributed by atoms with Gasteiger partial charge in [-0.1, -0.05) is 0 Å². The molecule has 14 nitrogen and oxygen atoms in total. The number of rotatable bonds is 8. The first-order chi connectivity index (χ1) is 13.6. The summed E-state index contributed by atoms with van der Waals surface area (Å²) in [5, 5.41) is 49.7. The second kappa shape index (κ2) is 8.47. The summed E-state index contributed by atoms with van der Waals surface area (Å²) >= 11 is 0. The van der Waals surface area contributed by atoms with E-state index in [0.717, 1.165) is 11.1 Å². The zero-order valence-corrected chi connectivity index (χ0v) is 15.0. The fraction of sp³-hybridized carbons (Fsp3) is 0.133. The van der Waals surface area contributed by atoms with Gasteiger partial charge >= 0.3 is 11.7 Å². The second-order valence-corrected chi connectivity index (χ2v) is 5.63. The smallest absolute Gasteiger partial charge is 0.335 e. The van der Waals surface area contributed by atoms with Crippen LogP contribution < -0.4 is 10.2 Å². The molecule has 2 rings (SSSR count). The molecule has 14 heteroatoms. The zero-order valence-electron chi connectivity index (χ0n) is 15.0. The first-order valence-corrected chi connectivity index (χ1v) is 7.70. The van der Waals surface area contributed by atoms with Crippen molar-refractivity contribution in [2.75, 3.05) is 19.4 Å². The van der Waals surface area contributed by atoms with Gasteiger partial charge in [-0.3, -0.25) is 25.1 Å². The molecule has 0 spiro atoms. The monoisotopic (exact) mass is 406 g/mol. The summed E-state index contributed by atoms with van der Waals surface area (Å²) in [6.45, 7) is 0. The highest BCUT2D eigenvalue weighted by Crippen LogP contribution is 2.39. The van der Waals surface area contributed by atoms with Crippen LogP contribution in [0.1, 0.15) is 10.4 Å². The van der Waals surface area contributed by atoms with Crippen LogP contribution in [0.15, 0.2) is 41.7 Å². The van der Waals surface area contributed by atoms with Crippen molar-refractivity contribution < 1.29 is 29.6 Å². The summed E-state index contributed by atoms with van der Waals surface area (Å²) in [4.78, 5) is 36.5. The van der Waals surface area contributed by atoms with Crippen molar-refractivity contribution in [1.82, 2.24) is 5.01 Å². The van der Waals surface area contributed by atoms with Gasteiger partial charge in [0.25, 0.3) is 5.69 Å². The lowest BCUT2D eigenvalue weighted by Crippen LogP contribution is -2.21. The Morgan fingerprint density at radius 2 is 1.66 bits per heavy atom. The summed E-state index contributed by atoms with van der Waals surface area (Å²) in [5.41, 5.74) is -1.35. The first kappa shape index (κ1) is 20.8. The van der Waals surface area contributed by atoms with Gasteiger partial charge in [0.2, 0.25) is 11.0 Å². The number of benzene rings is 2. The van der Waals surface area contributed by atoms with Gasteiger partial charge < -0.3 is 15.6 Å². The third-order valence-corrected chi connectivity index (χ3v) is 3.43. The van der Waals surface area contributed by atoms with E-state index in [1.54, 1.807) is 0 Å². The molecule has 29 heavy (non-hydrogen) atoms. The molecule has 0 saturated carbocycles. The Balaban J connectivity index is 2.49. The highest BCUT2D eigenvalue weighted by Gasteiger charge is 2.27. The lowest BCUT2D eigenvalue weighted by atomic mass is 10.2. The van der Waals surface area contributed by atoms with Crippen molar-refractivity contribution in [3.8, 4) is 5.75 Å². The van der Waals surface area contributed by atoms with Gasteiger partial charge in [-0.25, -0.2) is 4.79 Å². The van der Waals surface area contributed by atoms with Crippen LogP contribution in [-0.4, -0.2) is 45.0 Å². The minimum Gasteiger partial charge on any atom is -0.569 e. The van der Waals surface area contributed by atoms with E-state index in [4.69, 9.17) is 9.94 Å². The van der Waals surface area contributed by atoms with E-state index in [1.165, 1.54) is 38.4 Å². The predicted octanol–water partition coefficient (Wildman–Crippen LogP) is 2.68. The zero-order chi connectivity index (χ0) is 21.7. The largest absolute Gasteiger partial charge is 0.569 e. The predicted molar refractivity (Wildman–Crippen MR) is 96.8 cm³/mol. The van der Waals surface area contributed by atoms with Gasteiger partial charge in [0, 0.05) is 11.8 Å². The van der Waals surface area contributed by atoms with E-state index in [0.29, 0.717) is 6.07 Å². The molecule has 0 saturated heterocycles. The van der Waals surface area contributed by atoms with Crippen molar-refractivity contribution in [2.24, 2.45) is 5.28 Å². The molecule has 0 aliphatic heterocycles. The quantitative estimate of drug-likeness (QED) is 0.285. The van der Waals surface area contributed by atoms with E-state index in [1.807, 2.05) is 0 Å². The molecule has 0 amide bonds. The number of nitrogens with zero attached hydrogens (tertiary/aromatic N) is 5.